The van der Waals surface area contributed by atoms with Crippen LogP contribution >= 0.6 is 0 Å². The minimum atomic E-state index is -1.06. The molecular weight excluding hydrogens is 312 g/mol. The van der Waals surface area contributed by atoms with Crippen LogP contribution in [0.2, 0.25) is 0 Å². The van der Waals surface area contributed by atoms with Crippen LogP contribution < -0.4 is 4.74 Å². The van der Waals surface area contributed by atoms with Crippen LogP contribution in [-0.4, -0.2) is 29.2 Å². The zero-order valence-corrected chi connectivity index (χ0v) is 15.1. The molecule has 0 aromatic heterocycles. The van der Waals surface area contributed by atoms with Crippen molar-refractivity contribution in [1.82, 2.24) is 0 Å². The number of esters is 2. The zero-order chi connectivity index (χ0) is 18.4. The number of hydrogen-bond donors (Lipinski definition) is 0. The second-order valence-corrected chi connectivity index (χ2v) is 7.16. The van der Waals surface area contributed by atoms with Crippen LogP contribution in [0.3, 0.4) is 0 Å². The molecule has 0 N–H and O–H groups in total. The van der Waals surface area contributed by atoms with Gasteiger partial charge in [0.2, 0.25) is 0 Å². The molecule has 0 aliphatic rings. The molecule has 1 atom stereocenters. The maximum absolute atomic E-state index is 11.9. The van der Waals surface area contributed by atoms with Gasteiger partial charge in [-0.3, -0.25) is 0 Å². The summed E-state index contributed by atoms with van der Waals surface area (Å²) in [5, 5.41) is 0. The van der Waals surface area contributed by atoms with E-state index in [-0.39, 0.29) is 11.9 Å². The molecule has 0 aliphatic carbocycles. The van der Waals surface area contributed by atoms with Crippen molar-refractivity contribution >= 4 is 11.9 Å². The van der Waals surface area contributed by atoms with Gasteiger partial charge < -0.3 is 9.47 Å². The Morgan fingerprint density at radius 1 is 1.00 bits per heavy atom. The molecule has 6 nitrogen and oxygen atoms in total. The van der Waals surface area contributed by atoms with Gasteiger partial charge in [0.05, 0.1) is 11.7 Å². The summed E-state index contributed by atoms with van der Waals surface area (Å²) in [4.78, 5) is 34.2. The van der Waals surface area contributed by atoms with Crippen LogP contribution in [0.4, 0.5) is 0 Å². The highest BCUT2D eigenvalue weighted by molar-refractivity contribution is 6.30. The summed E-state index contributed by atoms with van der Waals surface area (Å²) in [5.41, 5.74) is -1.35. The Kier molecular flexibility index (Phi) is 6.93. The zero-order valence-electron chi connectivity index (χ0n) is 15.1. The van der Waals surface area contributed by atoms with Crippen molar-refractivity contribution < 1.29 is 28.8 Å². The van der Waals surface area contributed by atoms with E-state index < -0.39 is 23.1 Å². The highest BCUT2D eigenvalue weighted by Crippen LogP contribution is 2.21. The Bertz CT molecular complexity index is 544. The van der Waals surface area contributed by atoms with Crippen LogP contribution in [0.1, 0.15) is 48.0 Å². The Morgan fingerprint density at radius 3 is 2.12 bits per heavy atom. The van der Waals surface area contributed by atoms with Crippen molar-refractivity contribution in [2.75, 3.05) is 0 Å². The molecule has 1 unspecified atom stereocenters. The monoisotopic (exact) mass is 338 g/mol. The Balaban J connectivity index is 2.49. The minimum absolute atomic E-state index is 0.285. The highest BCUT2D eigenvalue weighted by Gasteiger charge is 2.31. The van der Waals surface area contributed by atoms with Crippen molar-refractivity contribution in [3.63, 3.8) is 0 Å². The summed E-state index contributed by atoms with van der Waals surface area (Å²) >= 11 is 0. The lowest BCUT2D eigenvalue weighted by Gasteiger charge is -2.28. The van der Waals surface area contributed by atoms with Gasteiger partial charge in [0.1, 0.15) is 11.4 Å². The topological polar surface area (TPSA) is 71.1 Å². The quantitative estimate of drug-likeness (QED) is 0.260. The van der Waals surface area contributed by atoms with Crippen LogP contribution in [0.15, 0.2) is 30.3 Å². The summed E-state index contributed by atoms with van der Waals surface area (Å²) in [6.07, 6.45) is 0.0325. The number of carbonyl (C=O) groups excluding carboxylic acids is 2. The van der Waals surface area contributed by atoms with E-state index in [0.717, 1.165) is 0 Å². The number of carbonyl (C=O) groups is 2. The smallest absolute Gasteiger partial charge is 0.422 e. The summed E-state index contributed by atoms with van der Waals surface area (Å²) in [7, 11) is 0. The predicted molar refractivity (Wildman–Crippen MR) is 88.3 cm³/mol. The molecule has 0 bridgehead atoms. The summed E-state index contributed by atoms with van der Waals surface area (Å²) in [5.74, 6) is -1.82. The molecule has 0 radical (unpaired) electrons. The van der Waals surface area contributed by atoms with E-state index in [4.69, 9.17) is 19.2 Å². The van der Waals surface area contributed by atoms with Gasteiger partial charge in [0.25, 0.3) is 0 Å². The number of rotatable bonds is 6. The van der Waals surface area contributed by atoms with Gasteiger partial charge in [-0.05, 0) is 53.7 Å². The van der Waals surface area contributed by atoms with E-state index in [1.54, 1.807) is 51.1 Å². The van der Waals surface area contributed by atoms with E-state index in [1.165, 1.54) is 0 Å². The minimum Gasteiger partial charge on any atom is -0.451 e. The van der Waals surface area contributed by atoms with Gasteiger partial charge in [0.15, 0.2) is 0 Å². The number of ether oxygens (including phenoxy) is 2. The molecule has 6 heteroatoms. The molecule has 0 aliphatic heterocycles. The van der Waals surface area contributed by atoms with Gasteiger partial charge in [-0.25, -0.2) is 19.4 Å². The maximum atomic E-state index is 11.9. The van der Waals surface area contributed by atoms with E-state index >= 15 is 0 Å². The average Bonchev–Trinajstić information content (AvgIpc) is 2.44. The molecule has 0 fully saturated rings. The Morgan fingerprint density at radius 2 is 1.58 bits per heavy atom. The molecule has 1 rings (SSSR count). The van der Waals surface area contributed by atoms with E-state index in [9.17, 15) is 9.59 Å². The second-order valence-electron chi connectivity index (χ2n) is 7.16. The summed E-state index contributed by atoms with van der Waals surface area (Å²) in [6.45, 7) is 10.8. The first-order valence-electron chi connectivity index (χ1n) is 7.83. The van der Waals surface area contributed by atoms with Gasteiger partial charge >= 0.3 is 11.9 Å². The third kappa shape index (κ3) is 8.08. The molecule has 0 saturated carbocycles. The van der Waals surface area contributed by atoms with E-state index in [0.29, 0.717) is 6.42 Å². The summed E-state index contributed by atoms with van der Waals surface area (Å²) < 4.78 is 10.2. The largest absolute Gasteiger partial charge is 0.451 e. The Hall–Kier alpha value is -1.92. The van der Waals surface area contributed by atoms with E-state index in [1.807, 2.05) is 20.8 Å². The van der Waals surface area contributed by atoms with Crippen LogP contribution in [0.5, 0.6) is 5.75 Å². The van der Waals surface area contributed by atoms with Crippen molar-refractivity contribution in [2.45, 2.75) is 65.3 Å². The van der Waals surface area contributed by atoms with Crippen molar-refractivity contribution in [1.29, 1.82) is 0 Å². The first-order valence-corrected chi connectivity index (χ1v) is 7.83. The Labute approximate surface area is 143 Å². The predicted octanol–water partition coefficient (Wildman–Crippen LogP) is 3.44. The lowest BCUT2D eigenvalue weighted by atomic mass is 10.0. The SMILES string of the molecule is CC(CC(C)(C)OC(=O)C(=O)Oc1ccccc1)OOC(C)(C)C. The van der Waals surface area contributed by atoms with Gasteiger partial charge in [0, 0.05) is 6.42 Å². The standard InChI is InChI=1S/C18H26O6/c1-13(23-24-17(2,3)4)12-18(5,6)22-16(20)15(19)21-14-10-8-7-9-11-14/h7-11,13H,12H2,1-6H3. The highest BCUT2D eigenvalue weighted by atomic mass is 17.2. The molecule has 0 spiro atoms. The molecule has 0 saturated heterocycles. The third-order valence-electron chi connectivity index (χ3n) is 2.73. The molecule has 24 heavy (non-hydrogen) atoms. The third-order valence-corrected chi connectivity index (χ3v) is 2.73. The fourth-order valence-corrected chi connectivity index (χ4v) is 1.92. The summed E-state index contributed by atoms with van der Waals surface area (Å²) in [6, 6.07) is 8.34. The maximum Gasteiger partial charge on any atom is 0.422 e. The molecular formula is C18H26O6. The molecule has 1 aromatic carbocycles. The fraction of sp³-hybridized carbons (Fsp3) is 0.556. The van der Waals surface area contributed by atoms with Crippen LogP contribution in [0.25, 0.3) is 0 Å². The lowest BCUT2D eigenvalue weighted by molar-refractivity contribution is -0.373. The number of para-hydroxylation sites is 1. The first kappa shape index (κ1) is 20.1. The molecule has 134 valence electrons. The van der Waals surface area contributed by atoms with Gasteiger partial charge in [-0.15, -0.1) is 0 Å². The molecule has 0 amide bonds. The van der Waals surface area contributed by atoms with Crippen molar-refractivity contribution in [3.8, 4) is 5.75 Å². The molecule has 1 aromatic rings. The second kappa shape index (κ2) is 8.26. The van der Waals surface area contributed by atoms with Gasteiger partial charge in [-0.1, -0.05) is 18.2 Å². The number of hydrogen-bond acceptors (Lipinski definition) is 6. The first-order chi connectivity index (χ1) is 11.0. The van der Waals surface area contributed by atoms with E-state index in [2.05, 4.69) is 0 Å². The molecule has 0 heterocycles. The van der Waals surface area contributed by atoms with Gasteiger partial charge in [-0.2, -0.15) is 0 Å². The fourth-order valence-electron chi connectivity index (χ4n) is 1.92. The number of benzene rings is 1. The van der Waals surface area contributed by atoms with Crippen LogP contribution in [0, 0.1) is 0 Å². The normalized spacial score (nSPS) is 13.2. The van der Waals surface area contributed by atoms with Crippen molar-refractivity contribution in [3.05, 3.63) is 30.3 Å². The lowest BCUT2D eigenvalue weighted by Crippen LogP contribution is -2.37. The average molecular weight is 338 g/mol. The van der Waals surface area contributed by atoms with Crippen molar-refractivity contribution in [2.24, 2.45) is 0 Å². The van der Waals surface area contributed by atoms with Crippen LogP contribution in [-0.2, 0) is 24.1 Å².